The third kappa shape index (κ3) is 4.56. The molecule has 158 valence electrons. The third-order valence-electron chi connectivity index (χ3n) is 5.51. The predicted octanol–water partition coefficient (Wildman–Crippen LogP) is 0.686. The number of hydrogen-bond acceptors (Lipinski definition) is 6. The van der Waals surface area contributed by atoms with Gasteiger partial charge in [-0.2, -0.15) is 4.31 Å². The van der Waals surface area contributed by atoms with Gasteiger partial charge in [-0.15, -0.1) is 0 Å². The van der Waals surface area contributed by atoms with Gasteiger partial charge >= 0.3 is 0 Å². The van der Waals surface area contributed by atoms with E-state index in [4.69, 9.17) is 0 Å². The summed E-state index contributed by atoms with van der Waals surface area (Å²) in [6.07, 6.45) is 1.23. The molecule has 0 unspecified atom stereocenters. The fourth-order valence-corrected chi connectivity index (χ4v) is 5.22. The molecule has 29 heavy (non-hydrogen) atoms. The molecule has 2 amide bonds. The molecule has 0 saturated carbocycles. The minimum absolute atomic E-state index is 0.000555. The second kappa shape index (κ2) is 8.46. The number of likely N-dealkylation sites (tertiary alicyclic amines) is 1. The van der Waals surface area contributed by atoms with Gasteiger partial charge in [0.15, 0.2) is 0 Å². The van der Waals surface area contributed by atoms with Crippen molar-refractivity contribution in [1.82, 2.24) is 14.1 Å². The van der Waals surface area contributed by atoms with Gasteiger partial charge < -0.3 is 9.80 Å². The average Bonchev–Trinajstić information content (AvgIpc) is 2.73. The highest BCUT2D eigenvalue weighted by Gasteiger charge is 2.34. The molecule has 1 aromatic carbocycles. The molecular formula is C18H24N4O6S. The first-order chi connectivity index (χ1) is 13.7. The SMILES string of the molecule is CC(=O)N1CCC(C(=O)N2CCN(S(=O)(=O)c3cccc([N+](=O)[O-])c3)CC2)CC1. The molecule has 0 radical (unpaired) electrons. The van der Waals surface area contributed by atoms with Gasteiger partial charge in [-0.05, 0) is 18.9 Å². The van der Waals surface area contributed by atoms with Crippen molar-refractivity contribution in [2.45, 2.75) is 24.7 Å². The van der Waals surface area contributed by atoms with Crippen molar-refractivity contribution in [3.05, 3.63) is 34.4 Å². The number of piperazine rings is 1. The van der Waals surface area contributed by atoms with Gasteiger partial charge in [0.25, 0.3) is 5.69 Å². The summed E-state index contributed by atoms with van der Waals surface area (Å²) < 4.78 is 26.9. The van der Waals surface area contributed by atoms with Crippen molar-refractivity contribution >= 4 is 27.5 Å². The van der Waals surface area contributed by atoms with Crippen LogP contribution in [-0.2, 0) is 19.6 Å². The minimum atomic E-state index is -3.86. The summed E-state index contributed by atoms with van der Waals surface area (Å²) in [5.41, 5.74) is -0.281. The molecule has 10 nitrogen and oxygen atoms in total. The van der Waals surface area contributed by atoms with Crippen LogP contribution in [0.4, 0.5) is 5.69 Å². The number of carbonyl (C=O) groups is 2. The number of benzene rings is 1. The lowest BCUT2D eigenvalue weighted by molar-refractivity contribution is -0.385. The summed E-state index contributed by atoms with van der Waals surface area (Å²) in [5, 5.41) is 10.9. The van der Waals surface area contributed by atoms with Crippen LogP contribution < -0.4 is 0 Å². The fraction of sp³-hybridized carbons (Fsp3) is 0.556. The van der Waals surface area contributed by atoms with Gasteiger partial charge in [0.2, 0.25) is 21.8 Å². The minimum Gasteiger partial charge on any atom is -0.343 e. The third-order valence-corrected chi connectivity index (χ3v) is 7.40. The van der Waals surface area contributed by atoms with E-state index >= 15 is 0 Å². The largest absolute Gasteiger partial charge is 0.343 e. The molecule has 0 atom stereocenters. The summed E-state index contributed by atoms with van der Waals surface area (Å²) in [7, 11) is -3.86. The zero-order valence-electron chi connectivity index (χ0n) is 16.2. The second-order valence-electron chi connectivity index (χ2n) is 7.26. The Balaban J connectivity index is 1.60. The van der Waals surface area contributed by atoms with E-state index in [1.165, 1.54) is 29.4 Å². The highest BCUT2D eigenvalue weighted by Crippen LogP contribution is 2.24. The smallest absolute Gasteiger partial charge is 0.270 e. The Bertz CT molecular complexity index is 903. The Kier molecular flexibility index (Phi) is 6.18. The first kappa shape index (κ1) is 21.2. The van der Waals surface area contributed by atoms with Crippen molar-refractivity contribution in [2.24, 2.45) is 5.92 Å². The van der Waals surface area contributed by atoms with Crippen LogP contribution in [-0.4, -0.2) is 78.5 Å². The number of piperidine rings is 1. The highest BCUT2D eigenvalue weighted by molar-refractivity contribution is 7.89. The average molecular weight is 424 g/mol. The highest BCUT2D eigenvalue weighted by atomic mass is 32.2. The van der Waals surface area contributed by atoms with E-state index in [0.717, 1.165) is 6.07 Å². The van der Waals surface area contributed by atoms with E-state index < -0.39 is 14.9 Å². The van der Waals surface area contributed by atoms with Crippen LogP contribution in [0.3, 0.4) is 0 Å². The molecule has 2 saturated heterocycles. The van der Waals surface area contributed by atoms with E-state index in [1.807, 2.05) is 0 Å². The van der Waals surface area contributed by atoms with Crippen LogP contribution in [0.1, 0.15) is 19.8 Å². The number of nitro groups is 1. The van der Waals surface area contributed by atoms with Gasteiger partial charge in [0.05, 0.1) is 9.82 Å². The molecule has 2 aliphatic heterocycles. The Hall–Kier alpha value is -2.53. The standard InChI is InChI=1S/C18H24N4O6S/c1-14(23)19-7-5-15(6-8-19)18(24)20-9-11-21(12-10-20)29(27,28)17-4-2-3-16(13-17)22(25)26/h2-4,13,15H,5-12H2,1H3. The van der Waals surface area contributed by atoms with Gasteiger partial charge in [-0.3, -0.25) is 19.7 Å². The molecule has 0 aromatic heterocycles. The van der Waals surface area contributed by atoms with Gasteiger partial charge in [-0.1, -0.05) is 6.07 Å². The summed E-state index contributed by atoms with van der Waals surface area (Å²) in [5.74, 6) is -0.137. The van der Waals surface area contributed by atoms with Crippen LogP contribution in [0.5, 0.6) is 0 Å². The molecule has 0 spiro atoms. The van der Waals surface area contributed by atoms with Crippen LogP contribution in [0.15, 0.2) is 29.2 Å². The Labute approximate surface area is 169 Å². The molecule has 0 N–H and O–H groups in total. The topological polar surface area (TPSA) is 121 Å². The second-order valence-corrected chi connectivity index (χ2v) is 9.20. The van der Waals surface area contributed by atoms with Crippen LogP contribution in [0, 0.1) is 16.0 Å². The van der Waals surface area contributed by atoms with Gasteiger partial charge in [-0.25, -0.2) is 8.42 Å². The molecule has 2 fully saturated rings. The summed E-state index contributed by atoms with van der Waals surface area (Å²) in [6, 6.07) is 4.98. The molecule has 2 heterocycles. The maximum atomic E-state index is 12.8. The zero-order valence-corrected chi connectivity index (χ0v) is 17.0. The molecule has 0 aliphatic carbocycles. The van der Waals surface area contributed by atoms with Gasteiger partial charge in [0.1, 0.15) is 0 Å². The van der Waals surface area contributed by atoms with Crippen molar-refractivity contribution < 1.29 is 22.9 Å². The maximum Gasteiger partial charge on any atom is 0.270 e. The Morgan fingerprint density at radius 1 is 1.03 bits per heavy atom. The van der Waals surface area contributed by atoms with E-state index in [-0.39, 0.29) is 54.5 Å². The van der Waals surface area contributed by atoms with Crippen molar-refractivity contribution in [1.29, 1.82) is 0 Å². The van der Waals surface area contributed by atoms with Crippen molar-refractivity contribution in [3.63, 3.8) is 0 Å². The Morgan fingerprint density at radius 2 is 1.66 bits per heavy atom. The molecule has 1 aromatic rings. The Morgan fingerprint density at radius 3 is 2.21 bits per heavy atom. The monoisotopic (exact) mass is 424 g/mol. The van der Waals surface area contributed by atoms with Crippen molar-refractivity contribution in [3.8, 4) is 0 Å². The number of amides is 2. The number of hydrogen-bond donors (Lipinski definition) is 0. The van der Waals surface area contributed by atoms with Crippen molar-refractivity contribution in [2.75, 3.05) is 39.3 Å². The first-order valence-corrected chi connectivity index (χ1v) is 10.9. The zero-order chi connectivity index (χ0) is 21.2. The number of sulfonamides is 1. The van der Waals surface area contributed by atoms with E-state index in [9.17, 15) is 28.1 Å². The molecule has 11 heteroatoms. The van der Waals surface area contributed by atoms with Crippen LogP contribution >= 0.6 is 0 Å². The maximum absolute atomic E-state index is 12.8. The van der Waals surface area contributed by atoms with E-state index in [1.54, 1.807) is 9.80 Å². The lowest BCUT2D eigenvalue weighted by Crippen LogP contribution is -2.53. The fourth-order valence-electron chi connectivity index (χ4n) is 3.75. The van der Waals surface area contributed by atoms with Gasteiger partial charge in [0, 0.05) is 64.2 Å². The molecule has 2 aliphatic rings. The molecule has 3 rings (SSSR count). The van der Waals surface area contributed by atoms with E-state index in [2.05, 4.69) is 0 Å². The number of nitrogens with zero attached hydrogens (tertiary/aromatic N) is 4. The summed E-state index contributed by atoms with van der Waals surface area (Å²) in [6.45, 7) is 3.48. The number of carbonyl (C=O) groups excluding carboxylic acids is 2. The van der Waals surface area contributed by atoms with E-state index in [0.29, 0.717) is 25.9 Å². The summed E-state index contributed by atoms with van der Waals surface area (Å²) >= 11 is 0. The lowest BCUT2D eigenvalue weighted by Gasteiger charge is -2.38. The number of nitro benzene ring substituents is 1. The summed E-state index contributed by atoms with van der Waals surface area (Å²) in [4.78, 5) is 37.7. The predicted molar refractivity (Wildman–Crippen MR) is 103 cm³/mol. The normalized spacial score (nSPS) is 19.2. The van der Waals surface area contributed by atoms with Crippen LogP contribution in [0.2, 0.25) is 0 Å². The number of non-ortho nitro benzene ring substituents is 1. The first-order valence-electron chi connectivity index (χ1n) is 9.49. The number of rotatable bonds is 4. The quantitative estimate of drug-likeness (QED) is 0.518. The van der Waals surface area contributed by atoms with Crippen LogP contribution in [0.25, 0.3) is 0 Å². The molecule has 0 bridgehead atoms. The lowest BCUT2D eigenvalue weighted by atomic mass is 9.95. The molecular weight excluding hydrogens is 400 g/mol.